The average Bonchev–Trinajstić information content (AvgIpc) is 2.49. The van der Waals surface area contributed by atoms with Crippen molar-refractivity contribution in [1.29, 1.82) is 0 Å². The number of carbonyl (C=O) groups is 2. The maximum atomic E-state index is 12.7. The second-order valence-corrected chi connectivity index (χ2v) is 8.94. The Hall–Kier alpha value is -1.38. The van der Waals surface area contributed by atoms with E-state index in [1.54, 1.807) is 6.08 Å². The molecule has 0 unspecified atom stereocenters. The van der Waals surface area contributed by atoms with Crippen molar-refractivity contribution < 1.29 is 9.59 Å². The van der Waals surface area contributed by atoms with Crippen molar-refractivity contribution >= 4 is 11.7 Å². The van der Waals surface area contributed by atoms with Gasteiger partial charge in [-0.15, -0.1) is 0 Å². The average molecular weight is 313 g/mol. The van der Waals surface area contributed by atoms with Crippen LogP contribution in [0.2, 0.25) is 0 Å². The Morgan fingerprint density at radius 2 is 1.96 bits per heavy atom. The molecule has 0 aromatic rings. The molecule has 0 aromatic carbocycles. The van der Waals surface area contributed by atoms with Crippen molar-refractivity contribution in [3.8, 4) is 0 Å². The third kappa shape index (κ3) is 1.77. The molecule has 0 radical (unpaired) electrons. The lowest BCUT2D eigenvalue weighted by molar-refractivity contribution is -0.172. The molecule has 124 valence electrons. The normalized spacial score (nSPS) is 49.0. The number of rotatable bonds is 0. The molecule has 2 bridgehead atoms. The van der Waals surface area contributed by atoms with E-state index < -0.39 is 0 Å². The van der Waals surface area contributed by atoms with E-state index in [1.807, 2.05) is 11.9 Å². The molecule has 0 aromatic heterocycles. The van der Waals surface area contributed by atoms with E-state index >= 15 is 0 Å². The maximum Gasteiger partial charge on any atom is 0.223 e. The number of likely N-dealkylation sites (tertiary alicyclic amines) is 1. The van der Waals surface area contributed by atoms with Gasteiger partial charge in [0.05, 0.1) is 0 Å². The van der Waals surface area contributed by atoms with Gasteiger partial charge in [-0.25, -0.2) is 0 Å². The summed E-state index contributed by atoms with van der Waals surface area (Å²) >= 11 is 0. The van der Waals surface area contributed by atoms with Crippen LogP contribution >= 0.6 is 0 Å². The summed E-state index contributed by atoms with van der Waals surface area (Å²) in [6.07, 6.45) is 9.96. The lowest BCUT2D eigenvalue weighted by Crippen LogP contribution is -2.65. The van der Waals surface area contributed by atoms with Gasteiger partial charge < -0.3 is 4.90 Å². The van der Waals surface area contributed by atoms with Gasteiger partial charge in [0.15, 0.2) is 5.78 Å². The van der Waals surface area contributed by atoms with Gasteiger partial charge in [0.2, 0.25) is 5.91 Å². The topological polar surface area (TPSA) is 37.4 Å². The molecule has 3 aliphatic carbocycles. The highest BCUT2D eigenvalue weighted by atomic mass is 16.2. The minimum Gasteiger partial charge on any atom is -0.340 e. The molecule has 4 aliphatic rings. The summed E-state index contributed by atoms with van der Waals surface area (Å²) in [5.41, 5.74) is 0.908. The summed E-state index contributed by atoms with van der Waals surface area (Å²) in [6.45, 7) is 8.67. The first-order valence-electron chi connectivity index (χ1n) is 8.91. The fourth-order valence-corrected chi connectivity index (χ4v) is 6.55. The van der Waals surface area contributed by atoms with E-state index in [0.717, 1.165) is 37.7 Å². The first-order chi connectivity index (χ1) is 10.7. The molecule has 23 heavy (non-hydrogen) atoms. The Balaban J connectivity index is 1.79. The zero-order valence-electron chi connectivity index (χ0n) is 14.5. The predicted molar refractivity (Wildman–Crippen MR) is 89.7 cm³/mol. The molecule has 3 fully saturated rings. The van der Waals surface area contributed by atoms with Crippen molar-refractivity contribution in [2.75, 3.05) is 7.05 Å². The lowest BCUT2D eigenvalue weighted by atomic mass is 9.42. The molecule has 3 heteroatoms. The minimum absolute atomic E-state index is 0.0131. The summed E-state index contributed by atoms with van der Waals surface area (Å²) < 4.78 is 0. The number of amides is 1. The molecule has 3 nitrogen and oxygen atoms in total. The number of hydrogen-bond donors (Lipinski definition) is 0. The van der Waals surface area contributed by atoms with E-state index in [4.69, 9.17) is 0 Å². The van der Waals surface area contributed by atoms with E-state index in [1.165, 1.54) is 0 Å². The van der Waals surface area contributed by atoms with Gasteiger partial charge in [-0.1, -0.05) is 19.6 Å². The highest BCUT2D eigenvalue weighted by molar-refractivity contribution is 6.05. The van der Waals surface area contributed by atoms with Crippen LogP contribution in [0.15, 0.2) is 24.3 Å². The molecule has 5 atom stereocenters. The smallest absolute Gasteiger partial charge is 0.223 e. The number of ketones is 1. The Kier molecular flexibility index (Phi) is 2.88. The second kappa shape index (κ2) is 4.37. The van der Waals surface area contributed by atoms with E-state index in [-0.39, 0.29) is 28.1 Å². The van der Waals surface area contributed by atoms with Crippen LogP contribution in [-0.4, -0.2) is 29.2 Å². The Morgan fingerprint density at radius 1 is 1.22 bits per heavy atom. The molecule has 4 rings (SSSR count). The van der Waals surface area contributed by atoms with Crippen LogP contribution in [0.5, 0.6) is 0 Å². The molecule has 1 saturated heterocycles. The second-order valence-electron chi connectivity index (χ2n) is 8.94. The number of hydrogen-bond acceptors (Lipinski definition) is 2. The number of nitrogens with zero attached hydrogens (tertiary/aromatic N) is 1. The van der Waals surface area contributed by atoms with Crippen LogP contribution in [-0.2, 0) is 9.59 Å². The minimum atomic E-state index is -0.0131. The van der Waals surface area contributed by atoms with Crippen molar-refractivity contribution in [1.82, 2.24) is 4.90 Å². The van der Waals surface area contributed by atoms with Crippen LogP contribution in [0, 0.1) is 22.7 Å². The molecule has 1 amide bonds. The van der Waals surface area contributed by atoms with Crippen LogP contribution in [0.4, 0.5) is 0 Å². The van der Waals surface area contributed by atoms with Gasteiger partial charge in [-0.05, 0) is 73.3 Å². The van der Waals surface area contributed by atoms with Gasteiger partial charge in [0, 0.05) is 19.0 Å². The van der Waals surface area contributed by atoms with Gasteiger partial charge in [0.1, 0.15) is 0 Å². The molecule has 2 saturated carbocycles. The number of fused-ring (bicyclic) bond motifs is 3. The molecular formula is C20H27NO2. The summed E-state index contributed by atoms with van der Waals surface area (Å²) in [5, 5.41) is 0. The number of piperidine rings is 1. The Labute approximate surface area is 138 Å². The molecule has 1 spiro atoms. The summed E-state index contributed by atoms with van der Waals surface area (Å²) in [7, 11) is 1.98. The Morgan fingerprint density at radius 3 is 2.70 bits per heavy atom. The zero-order chi connectivity index (χ0) is 16.6. The summed E-state index contributed by atoms with van der Waals surface area (Å²) in [6, 6.07) is 0. The van der Waals surface area contributed by atoms with Crippen LogP contribution < -0.4 is 0 Å². The fourth-order valence-electron chi connectivity index (χ4n) is 6.55. The quantitative estimate of drug-likeness (QED) is 0.642. The first-order valence-corrected chi connectivity index (χ1v) is 8.91. The summed E-state index contributed by atoms with van der Waals surface area (Å²) in [5.74, 6) is 1.15. The van der Waals surface area contributed by atoms with Crippen LogP contribution in [0.1, 0.15) is 52.4 Å². The van der Waals surface area contributed by atoms with Crippen molar-refractivity contribution in [3.63, 3.8) is 0 Å². The van der Waals surface area contributed by atoms with E-state index in [0.29, 0.717) is 18.2 Å². The highest BCUT2D eigenvalue weighted by Gasteiger charge is 2.63. The Bertz CT molecular complexity index is 650. The van der Waals surface area contributed by atoms with Crippen LogP contribution in [0.25, 0.3) is 0 Å². The molecule has 1 aliphatic heterocycles. The predicted octanol–water partition coefficient (Wildman–Crippen LogP) is 3.51. The van der Waals surface area contributed by atoms with Gasteiger partial charge in [-0.2, -0.15) is 0 Å². The number of allylic oxidation sites excluding steroid dienone is 3. The third-order valence-electron chi connectivity index (χ3n) is 7.89. The van der Waals surface area contributed by atoms with E-state index in [9.17, 15) is 9.59 Å². The zero-order valence-corrected chi connectivity index (χ0v) is 14.5. The molecular weight excluding hydrogens is 286 g/mol. The number of carbonyl (C=O) groups excluding carboxylic acids is 2. The SMILES string of the molecule is C=C1C(=O)C=C[C@]2(C)[C@@H]1CC[C@@]13CC(=O)N(C)[C@@](C)(CC[C@H]12)C3. The molecule has 1 heterocycles. The van der Waals surface area contributed by atoms with Crippen LogP contribution in [0.3, 0.4) is 0 Å². The summed E-state index contributed by atoms with van der Waals surface area (Å²) in [4.78, 5) is 26.7. The molecule has 0 N–H and O–H groups in total. The lowest BCUT2D eigenvalue weighted by Gasteiger charge is -2.66. The standard InChI is InChI=1S/C20H27NO2/c1-13-14-5-10-20-11-17(23)21(4)18(2,12-20)8-7-16(20)19(14,3)9-6-15(13)22/h6,9,14,16H,1,5,7-8,10-12H2,2-4H3/t14-,16+,18+,19-,20+/m1/s1. The highest BCUT2D eigenvalue weighted by Crippen LogP contribution is 2.67. The fraction of sp³-hybridized carbons (Fsp3) is 0.700. The van der Waals surface area contributed by atoms with Gasteiger partial charge in [0.25, 0.3) is 0 Å². The largest absolute Gasteiger partial charge is 0.340 e. The maximum absolute atomic E-state index is 12.7. The van der Waals surface area contributed by atoms with Crippen molar-refractivity contribution in [3.05, 3.63) is 24.3 Å². The third-order valence-corrected chi connectivity index (χ3v) is 7.89. The monoisotopic (exact) mass is 313 g/mol. The van der Waals surface area contributed by atoms with E-state index in [2.05, 4.69) is 26.5 Å². The van der Waals surface area contributed by atoms with Crippen molar-refractivity contribution in [2.45, 2.75) is 57.9 Å². The van der Waals surface area contributed by atoms with Gasteiger partial charge in [-0.3, -0.25) is 9.59 Å². The van der Waals surface area contributed by atoms with Gasteiger partial charge >= 0.3 is 0 Å². The first kappa shape index (κ1) is 15.2. The van der Waals surface area contributed by atoms with Crippen molar-refractivity contribution in [2.24, 2.45) is 22.7 Å².